The Labute approximate surface area is 135 Å². The Kier molecular flexibility index (Phi) is 3.29. The highest BCUT2D eigenvalue weighted by molar-refractivity contribution is 7.99. The van der Waals surface area contributed by atoms with E-state index in [2.05, 4.69) is 48.3 Å². The molecule has 2 aromatic carbocycles. The summed E-state index contributed by atoms with van der Waals surface area (Å²) in [5.74, 6) is 0. The van der Waals surface area contributed by atoms with Crippen molar-refractivity contribution in [3.63, 3.8) is 0 Å². The molecule has 0 saturated carbocycles. The minimum absolute atomic E-state index is 0.147. The zero-order chi connectivity index (χ0) is 14.4. The molecule has 1 nitrogen and oxygen atoms in total. The summed E-state index contributed by atoms with van der Waals surface area (Å²) in [4.78, 5) is 5.22. The highest BCUT2D eigenvalue weighted by Crippen LogP contribution is 2.53. The van der Waals surface area contributed by atoms with Crippen LogP contribution in [0.25, 0.3) is 0 Å². The van der Waals surface area contributed by atoms with Crippen LogP contribution in [0.3, 0.4) is 0 Å². The van der Waals surface area contributed by atoms with Gasteiger partial charge in [0.1, 0.15) is 0 Å². The first-order valence-electron chi connectivity index (χ1n) is 7.45. The quantitative estimate of drug-likeness (QED) is 0.686. The van der Waals surface area contributed by atoms with Crippen molar-refractivity contribution in [3.05, 3.63) is 58.6 Å². The monoisotopic (exact) mass is 315 g/mol. The largest absolute Gasteiger partial charge is 0.306 e. The van der Waals surface area contributed by atoms with Crippen LogP contribution < -0.4 is 0 Å². The first kappa shape index (κ1) is 13.7. The topological polar surface area (TPSA) is 3.24 Å². The number of piperidine rings is 1. The van der Waals surface area contributed by atoms with Gasteiger partial charge in [0.05, 0.1) is 0 Å². The van der Waals surface area contributed by atoms with Crippen LogP contribution in [0.15, 0.2) is 52.3 Å². The van der Waals surface area contributed by atoms with Crippen LogP contribution in [0.2, 0.25) is 5.02 Å². The number of nitrogens with zero attached hydrogens (tertiary/aromatic N) is 1. The molecule has 2 aromatic rings. The number of likely N-dealkylation sites (tertiary alicyclic amines) is 1. The summed E-state index contributed by atoms with van der Waals surface area (Å²) in [6, 6.07) is 15.3. The van der Waals surface area contributed by atoms with Crippen molar-refractivity contribution in [1.82, 2.24) is 4.90 Å². The highest BCUT2D eigenvalue weighted by Gasteiger charge is 2.42. The van der Waals surface area contributed by atoms with E-state index in [4.69, 9.17) is 11.6 Å². The van der Waals surface area contributed by atoms with Crippen LogP contribution >= 0.6 is 23.4 Å². The van der Waals surface area contributed by atoms with Gasteiger partial charge >= 0.3 is 0 Å². The van der Waals surface area contributed by atoms with Gasteiger partial charge < -0.3 is 4.90 Å². The number of fused-ring (bicyclic) bond motifs is 4. The van der Waals surface area contributed by atoms with E-state index in [1.54, 1.807) is 0 Å². The van der Waals surface area contributed by atoms with E-state index in [0.717, 1.165) is 18.1 Å². The molecule has 2 aliphatic rings. The van der Waals surface area contributed by atoms with Crippen molar-refractivity contribution in [2.24, 2.45) is 0 Å². The minimum Gasteiger partial charge on any atom is -0.306 e. The van der Waals surface area contributed by atoms with Crippen molar-refractivity contribution < 1.29 is 0 Å². The van der Waals surface area contributed by atoms with Crippen molar-refractivity contribution in [3.8, 4) is 0 Å². The lowest BCUT2D eigenvalue weighted by molar-refractivity contribution is 0.208. The average molecular weight is 316 g/mol. The van der Waals surface area contributed by atoms with Gasteiger partial charge in [-0.25, -0.2) is 0 Å². The lowest BCUT2D eigenvalue weighted by Gasteiger charge is -2.45. The van der Waals surface area contributed by atoms with Crippen LogP contribution in [-0.2, 0) is 5.41 Å². The Morgan fingerprint density at radius 1 is 1.00 bits per heavy atom. The van der Waals surface area contributed by atoms with Crippen molar-refractivity contribution in [1.29, 1.82) is 0 Å². The Bertz CT molecular complexity index is 689. The van der Waals surface area contributed by atoms with Gasteiger partial charge in [-0.1, -0.05) is 41.6 Å². The molecule has 0 aromatic heterocycles. The summed E-state index contributed by atoms with van der Waals surface area (Å²) in [5.41, 5.74) is 3.08. The molecule has 2 aliphatic heterocycles. The fourth-order valence-electron chi connectivity index (χ4n) is 3.72. The Morgan fingerprint density at radius 3 is 2.52 bits per heavy atom. The summed E-state index contributed by atoms with van der Waals surface area (Å²) >= 11 is 8.20. The molecule has 3 heteroatoms. The minimum atomic E-state index is 0.147. The van der Waals surface area contributed by atoms with E-state index in [1.807, 2.05) is 17.8 Å². The molecule has 0 N–H and O–H groups in total. The fraction of sp³-hybridized carbons (Fsp3) is 0.333. The van der Waals surface area contributed by atoms with Gasteiger partial charge in [0.2, 0.25) is 0 Å². The second-order valence-electron chi connectivity index (χ2n) is 6.12. The SMILES string of the molecule is CN1CCC2(CC1)c1ccccc1Sc1ccc(Cl)cc12. The summed E-state index contributed by atoms with van der Waals surface area (Å²) in [6.45, 7) is 2.29. The van der Waals surface area contributed by atoms with E-state index >= 15 is 0 Å². The third-order valence-electron chi connectivity index (χ3n) is 4.92. The van der Waals surface area contributed by atoms with E-state index in [9.17, 15) is 0 Å². The zero-order valence-electron chi connectivity index (χ0n) is 12.1. The second-order valence-corrected chi connectivity index (χ2v) is 7.64. The van der Waals surface area contributed by atoms with Gasteiger partial charge in [-0.3, -0.25) is 0 Å². The number of hydrogen-bond acceptors (Lipinski definition) is 2. The predicted octanol–water partition coefficient (Wildman–Crippen LogP) is 4.82. The molecule has 1 saturated heterocycles. The molecule has 4 rings (SSSR count). The third-order valence-corrected chi connectivity index (χ3v) is 6.31. The first-order chi connectivity index (χ1) is 10.2. The van der Waals surface area contributed by atoms with Crippen molar-refractivity contribution in [2.75, 3.05) is 20.1 Å². The number of hydrogen-bond donors (Lipinski definition) is 0. The summed E-state index contributed by atoms with van der Waals surface area (Å²) in [7, 11) is 2.22. The number of benzene rings is 2. The van der Waals surface area contributed by atoms with Crippen LogP contribution in [0.5, 0.6) is 0 Å². The molecule has 1 spiro atoms. The summed E-state index contributed by atoms with van der Waals surface area (Å²) in [6.07, 6.45) is 2.35. The first-order valence-corrected chi connectivity index (χ1v) is 8.64. The van der Waals surface area contributed by atoms with E-state index in [0.29, 0.717) is 0 Å². The van der Waals surface area contributed by atoms with Gasteiger partial charge in [-0.15, -0.1) is 0 Å². The standard InChI is InChI=1S/C18H18ClNS/c1-20-10-8-18(9-11-20)14-4-2-3-5-16(14)21-17-7-6-13(19)12-15(17)18/h2-7,12H,8-11H2,1H3. The number of rotatable bonds is 0. The van der Waals surface area contributed by atoms with Gasteiger partial charge in [0.25, 0.3) is 0 Å². The highest BCUT2D eigenvalue weighted by atomic mass is 35.5. The molecule has 0 unspecified atom stereocenters. The molecule has 1 fully saturated rings. The Morgan fingerprint density at radius 2 is 1.71 bits per heavy atom. The Balaban J connectivity index is 1.94. The molecule has 0 atom stereocenters. The maximum Gasteiger partial charge on any atom is 0.0409 e. The molecule has 0 amide bonds. The average Bonchev–Trinajstić information content (AvgIpc) is 2.51. The predicted molar refractivity (Wildman–Crippen MR) is 89.5 cm³/mol. The molecule has 2 heterocycles. The van der Waals surface area contributed by atoms with Gasteiger partial charge in [-0.2, -0.15) is 0 Å². The van der Waals surface area contributed by atoms with Crippen molar-refractivity contribution >= 4 is 23.4 Å². The third kappa shape index (κ3) is 2.12. The zero-order valence-corrected chi connectivity index (χ0v) is 13.7. The summed E-state index contributed by atoms with van der Waals surface area (Å²) in [5, 5.41) is 0.854. The van der Waals surface area contributed by atoms with Gasteiger partial charge in [0, 0.05) is 20.2 Å². The van der Waals surface area contributed by atoms with E-state index in [1.165, 1.54) is 33.8 Å². The normalized spacial score (nSPS) is 20.1. The maximum absolute atomic E-state index is 6.32. The smallest absolute Gasteiger partial charge is 0.0409 e. The second kappa shape index (κ2) is 5.05. The molecule has 108 valence electrons. The molecular formula is C18H18ClNS. The summed E-state index contributed by atoms with van der Waals surface area (Å²) < 4.78 is 0. The Hall–Kier alpha value is -0.960. The van der Waals surface area contributed by atoms with Crippen LogP contribution in [0, 0.1) is 0 Å². The lowest BCUT2D eigenvalue weighted by atomic mass is 9.68. The van der Waals surface area contributed by atoms with Gasteiger partial charge in [-0.05, 0) is 68.4 Å². The lowest BCUT2D eigenvalue weighted by Crippen LogP contribution is -2.43. The molecule has 21 heavy (non-hydrogen) atoms. The van der Waals surface area contributed by atoms with Crippen molar-refractivity contribution in [2.45, 2.75) is 28.0 Å². The van der Waals surface area contributed by atoms with E-state index in [-0.39, 0.29) is 5.41 Å². The van der Waals surface area contributed by atoms with E-state index < -0.39 is 0 Å². The fourth-order valence-corrected chi connectivity index (χ4v) is 5.15. The van der Waals surface area contributed by atoms with Gasteiger partial charge in [0.15, 0.2) is 0 Å². The molecule has 0 aliphatic carbocycles. The maximum atomic E-state index is 6.32. The molecule has 0 bridgehead atoms. The van der Waals surface area contributed by atoms with Crippen LogP contribution in [-0.4, -0.2) is 25.0 Å². The van der Waals surface area contributed by atoms with Crippen LogP contribution in [0.4, 0.5) is 0 Å². The van der Waals surface area contributed by atoms with Crippen LogP contribution in [0.1, 0.15) is 24.0 Å². The number of halogens is 1. The molecule has 0 radical (unpaired) electrons. The molecular weight excluding hydrogens is 298 g/mol.